The molecule has 1 aromatic carbocycles. The van der Waals surface area contributed by atoms with Gasteiger partial charge >= 0.3 is 6.09 Å². The van der Waals surface area contributed by atoms with E-state index in [1.807, 2.05) is 57.2 Å². The first kappa shape index (κ1) is 43.1. The third-order valence-electron chi connectivity index (χ3n) is 13.0. The van der Waals surface area contributed by atoms with E-state index in [2.05, 4.69) is 26.9 Å². The van der Waals surface area contributed by atoms with Gasteiger partial charge in [0.1, 0.15) is 29.8 Å². The molecule has 0 spiro atoms. The number of benzene rings is 1. The monoisotopic (exact) mass is 842 g/mol. The van der Waals surface area contributed by atoms with Gasteiger partial charge < -0.3 is 25.0 Å². The summed E-state index contributed by atoms with van der Waals surface area (Å²) in [5, 5.41) is 6.62. The number of carbonyl (C=O) groups is 4. The molecule has 2 aliphatic heterocycles. The number of amides is 4. The summed E-state index contributed by atoms with van der Waals surface area (Å²) >= 11 is 0. The highest BCUT2D eigenvalue weighted by atomic mass is 32.2. The summed E-state index contributed by atoms with van der Waals surface area (Å²) in [5.74, 6) is -2.23. The van der Waals surface area contributed by atoms with Gasteiger partial charge in [-0.05, 0) is 93.0 Å². The smallest absolute Gasteiger partial charge is 0.408 e. The summed E-state index contributed by atoms with van der Waals surface area (Å²) < 4.78 is 40.3. The van der Waals surface area contributed by atoms with Gasteiger partial charge in [0.05, 0.1) is 16.8 Å². The molecule has 7 rings (SSSR count). The van der Waals surface area contributed by atoms with Crippen molar-refractivity contribution in [3.63, 3.8) is 0 Å². The third-order valence-corrected chi connectivity index (χ3v) is 15.2. The number of aromatic nitrogens is 2. The third kappa shape index (κ3) is 8.73. The predicted octanol–water partition coefficient (Wildman–Crippen LogP) is 5.99. The summed E-state index contributed by atoms with van der Waals surface area (Å²) in [6.45, 7) is 13.9. The molecular formula is C45H58N6O8S. The zero-order valence-corrected chi connectivity index (χ0v) is 36.3. The van der Waals surface area contributed by atoms with Gasteiger partial charge in [0.2, 0.25) is 27.7 Å². The van der Waals surface area contributed by atoms with E-state index < -0.39 is 73.6 Å². The van der Waals surface area contributed by atoms with Crippen molar-refractivity contribution in [1.82, 2.24) is 30.2 Å². The van der Waals surface area contributed by atoms with Crippen molar-refractivity contribution in [2.75, 3.05) is 6.54 Å². The van der Waals surface area contributed by atoms with Gasteiger partial charge in [-0.3, -0.25) is 24.1 Å². The Morgan fingerprint density at radius 2 is 1.75 bits per heavy atom. The molecule has 4 heterocycles. The number of nitrogens with one attached hydrogen (secondary N) is 3. The maximum atomic E-state index is 14.9. The number of pyridine rings is 2. The van der Waals surface area contributed by atoms with Crippen LogP contribution in [0.5, 0.6) is 5.88 Å². The summed E-state index contributed by atoms with van der Waals surface area (Å²) in [5.41, 5.74) is 0.972. The Labute approximate surface area is 352 Å². The molecule has 2 bridgehead atoms. The van der Waals surface area contributed by atoms with E-state index >= 15 is 0 Å². The number of nitrogens with zero attached hydrogens (tertiary/aromatic N) is 3. The van der Waals surface area contributed by atoms with Crippen molar-refractivity contribution in [1.29, 1.82) is 0 Å². The molecule has 2 aliphatic carbocycles. The highest BCUT2D eigenvalue weighted by molar-refractivity contribution is 7.91. The summed E-state index contributed by atoms with van der Waals surface area (Å²) in [6, 6.07) is 9.50. The number of rotatable bonds is 8. The van der Waals surface area contributed by atoms with Gasteiger partial charge in [-0.1, -0.05) is 64.8 Å². The number of fused-ring (bicyclic) bond motifs is 5. The molecule has 3 N–H and O–H groups in total. The van der Waals surface area contributed by atoms with Crippen LogP contribution in [0.15, 0.2) is 61.4 Å². The molecule has 14 nitrogen and oxygen atoms in total. The lowest BCUT2D eigenvalue weighted by atomic mass is 9.85. The van der Waals surface area contributed by atoms with E-state index in [1.165, 1.54) is 17.9 Å². The lowest BCUT2D eigenvalue weighted by Crippen LogP contribution is -2.65. The molecule has 3 aromatic rings. The molecule has 4 amide bonds. The van der Waals surface area contributed by atoms with Crippen LogP contribution in [0.1, 0.15) is 98.5 Å². The standard InChI is InChI=1S/C45H58N6O8S/c1-8-27(2)45(7,41(54)50-60(56,57)44(6)20-21-44)49-38(52)34-25-30-26-51(34)40(53)37(43(3,4)5)48-42(55)59-35-24-29(35)14-10-9-11-16-32-36(28-18-22-46-23-19-28)31-15-12-13-17-33(31)47-39(32)58-30/h8,12-13,15,17-19,22-23,27,29-30,34-35,37H,1,9-11,14,16,20-21,24-26H2,2-7H3,(H,48,55)(H,49,52)(H,50,54). The van der Waals surface area contributed by atoms with E-state index in [0.717, 1.165) is 59.7 Å². The van der Waals surface area contributed by atoms with Crippen LogP contribution in [0.3, 0.4) is 0 Å². The van der Waals surface area contributed by atoms with Gasteiger partial charge in [0.15, 0.2) is 0 Å². The Bertz CT molecular complexity index is 2280. The SMILES string of the molecule is C=CC(C)C(C)(NC(=O)C1CC2CN1C(=O)C(C(C)(C)C)NC(=O)OC1CC1CCCCCc1c(nc3ccccc3c1-c1ccncc1)O2)C(=O)NS(=O)(=O)C1(C)CC1. The zero-order chi connectivity index (χ0) is 43.2. The van der Waals surface area contributed by atoms with Crippen LogP contribution in [0, 0.1) is 17.3 Å². The molecule has 60 heavy (non-hydrogen) atoms. The van der Waals surface area contributed by atoms with Crippen LogP contribution in [-0.4, -0.2) is 88.2 Å². The van der Waals surface area contributed by atoms with Gasteiger partial charge in [-0.2, -0.15) is 0 Å². The zero-order valence-electron chi connectivity index (χ0n) is 35.5. The minimum Gasteiger partial charge on any atom is -0.472 e. The molecule has 4 aliphatic rings. The van der Waals surface area contributed by atoms with E-state index in [4.69, 9.17) is 14.5 Å². The van der Waals surface area contributed by atoms with E-state index in [1.54, 1.807) is 26.2 Å². The van der Waals surface area contributed by atoms with Gasteiger partial charge in [0.25, 0.3) is 5.91 Å². The molecule has 2 saturated carbocycles. The fraction of sp³-hybridized carbons (Fsp3) is 0.556. The Balaban J connectivity index is 1.29. The molecule has 7 atom stereocenters. The number of hydrogen-bond donors (Lipinski definition) is 3. The van der Waals surface area contributed by atoms with Crippen LogP contribution in [-0.2, 0) is 35.6 Å². The average Bonchev–Trinajstić information content (AvgIpc) is 4.10. The second kappa shape index (κ2) is 16.4. The van der Waals surface area contributed by atoms with Crippen LogP contribution in [0.25, 0.3) is 22.0 Å². The molecular weight excluding hydrogens is 785 g/mol. The lowest BCUT2D eigenvalue weighted by Gasteiger charge is -2.37. The number of ether oxygens (including phenoxy) is 2. The molecule has 15 heteroatoms. The maximum Gasteiger partial charge on any atom is 0.408 e. The number of alkyl carbamates (subject to hydrolysis) is 1. The maximum absolute atomic E-state index is 14.9. The van der Waals surface area contributed by atoms with E-state index in [-0.39, 0.29) is 25.0 Å². The summed E-state index contributed by atoms with van der Waals surface area (Å²) in [6.07, 6.45) is 9.18. The Morgan fingerprint density at radius 3 is 2.43 bits per heavy atom. The second-order valence-corrected chi connectivity index (χ2v) is 20.8. The van der Waals surface area contributed by atoms with Gasteiger partial charge in [-0.15, -0.1) is 6.58 Å². The fourth-order valence-electron chi connectivity index (χ4n) is 8.34. The molecule has 1 saturated heterocycles. The quantitative estimate of drug-likeness (QED) is 0.228. The van der Waals surface area contributed by atoms with Crippen molar-refractivity contribution < 1.29 is 37.1 Å². The van der Waals surface area contributed by atoms with E-state index in [9.17, 15) is 27.6 Å². The van der Waals surface area contributed by atoms with Gasteiger partial charge in [-0.25, -0.2) is 18.2 Å². The minimum absolute atomic E-state index is 0.0116. The number of para-hydroxylation sites is 1. The Hall–Kier alpha value is -5.05. The van der Waals surface area contributed by atoms with Crippen molar-refractivity contribution in [3.8, 4) is 17.0 Å². The molecule has 2 aromatic heterocycles. The fourth-order valence-corrected chi connectivity index (χ4v) is 9.69. The first-order chi connectivity index (χ1) is 28.3. The Morgan fingerprint density at radius 1 is 1.03 bits per heavy atom. The van der Waals surface area contributed by atoms with Crippen LogP contribution >= 0.6 is 0 Å². The highest BCUT2D eigenvalue weighted by Crippen LogP contribution is 2.43. The van der Waals surface area contributed by atoms with Crippen LogP contribution in [0.2, 0.25) is 0 Å². The number of sulfonamides is 1. The molecule has 0 radical (unpaired) electrons. The van der Waals surface area contributed by atoms with Crippen molar-refractivity contribution in [2.24, 2.45) is 17.3 Å². The van der Waals surface area contributed by atoms with Crippen molar-refractivity contribution in [3.05, 3.63) is 67.0 Å². The van der Waals surface area contributed by atoms with Crippen LogP contribution < -0.4 is 20.1 Å². The first-order valence-electron chi connectivity index (χ1n) is 21.1. The number of hydrogen-bond acceptors (Lipinski definition) is 10. The second-order valence-electron chi connectivity index (χ2n) is 18.6. The van der Waals surface area contributed by atoms with Crippen molar-refractivity contribution in [2.45, 2.75) is 134 Å². The highest BCUT2D eigenvalue weighted by Gasteiger charge is 2.54. The number of carbonyl (C=O) groups excluding carboxylic acids is 4. The Kier molecular flexibility index (Phi) is 11.8. The molecule has 322 valence electrons. The molecule has 7 unspecified atom stereocenters. The topological polar surface area (TPSA) is 186 Å². The summed E-state index contributed by atoms with van der Waals surface area (Å²) in [7, 11) is -4.06. The minimum atomic E-state index is -4.06. The van der Waals surface area contributed by atoms with Crippen molar-refractivity contribution >= 4 is 44.7 Å². The molecule has 3 fully saturated rings. The van der Waals surface area contributed by atoms with Gasteiger partial charge in [0, 0.05) is 35.7 Å². The lowest BCUT2D eigenvalue weighted by molar-refractivity contribution is -0.143. The van der Waals surface area contributed by atoms with Crippen LogP contribution in [0.4, 0.5) is 4.79 Å². The normalized spacial score (nSPS) is 26.0. The average molecular weight is 843 g/mol. The predicted molar refractivity (Wildman–Crippen MR) is 227 cm³/mol. The summed E-state index contributed by atoms with van der Waals surface area (Å²) in [4.78, 5) is 67.6. The first-order valence-corrected chi connectivity index (χ1v) is 22.6. The van der Waals surface area contributed by atoms with E-state index in [0.29, 0.717) is 25.1 Å². The largest absolute Gasteiger partial charge is 0.472 e.